The van der Waals surface area contributed by atoms with Gasteiger partial charge in [-0.25, -0.2) is 0 Å². The van der Waals surface area contributed by atoms with Crippen LogP contribution in [0.5, 0.6) is 0 Å². The van der Waals surface area contributed by atoms with E-state index in [0.29, 0.717) is 6.42 Å². The van der Waals surface area contributed by atoms with Crippen LogP contribution in [0.4, 0.5) is 0 Å². The number of allylic oxidation sites excluding steroid dienone is 2. The number of hydrogen-bond acceptors (Lipinski definition) is 2. The molecule has 1 aliphatic rings. The quantitative estimate of drug-likeness (QED) is 0.648. The van der Waals surface area contributed by atoms with E-state index in [0.717, 1.165) is 12.1 Å². The van der Waals surface area contributed by atoms with E-state index in [4.69, 9.17) is 0 Å². The van der Waals surface area contributed by atoms with Crippen molar-refractivity contribution in [2.75, 3.05) is 14.1 Å². The van der Waals surface area contributed by atoms with Crippen LogP contribution in [-0.2, 0) is 4.79 Å². The molecule has 72 valence electrons. The van der Waals surface area contributed by atoms with E-state index in [-0.39, 0.29) is 38.5 Å². The van der Waals surface area contributed by atoms with E-state index in [9.17, 15) is 4.79 Å². The number of hydrogen-bond donors (Lipinski definition) is 0. The van der Waals surface area contributed by atoms with Gasteiger partial charge in [-0.1, -0.05) is 13.8 Å². The average molecular weight is 374 g/mol. The Kier molecular flexibility index (Phi) is 4.62. The second-order valence-corrected chi connectivity index (χ2v) is 4.51. The molecule has 0 saturated heterocycles. The standard InChI is InChI=1S/C10H17NO.Pb/c1-10(2)6-8(11(3)4)5-9(12)7-10;/h5H,6-7H2,1-4H3;. The molecule has 0 amide bonds. The third-order valence-corrected chi connectivity index (χ3v) is 2.21. The number of carbonyl (C=O) groups excluding carboxylic acids is 1. The zero-order chi connectivity index (χ0) is 9.35. The van der Waals surface area contributed by atoms with E-state index >= 15 is 0 Å². The number of nitrogens with zero attached hydrogens (tertiary/aromatic N) is 1. The molecule has 0 fully saturated rings. The van der Waals surface area contributed by atoms with Gasteiger partial charge in [-0.3, -0.25) is 4.79 Å². The Hall–Kier alpha value is 0.132. The van der Waals surface area contributed by atoms with Crippen LogP contribution in [-0.4, -0.2) is 52.1 Å². The molecule has 0 unspecified atom stereocenters. The molecule has 0 aromatic rings. The fourth-order valence-electron chi connectivity index (χ4n) is 1.60. The molecular formula is C10H17NOPb. The summed E-state index contributed by atoms with van der Waals surface area (Å²) < 4.78 is 0. The third-order valence-electron chi connectivity index (χ3n) is 2.21. The summed E-state index contributed by atoms with van der Waals surface area (Å²) in [5.41, 5.74) is 1.29. The Morgan fingerprint density at radius 1 is 1.31 bits per heavy atom. The Morgan fingerprint density at radius 2 is 1.85 bits per heavy atom. The summed E-state index contributed by atoms with van der Waals surface area (Å²) in [6.45, 7) is 4.28. The largest absolute Gasteiger partial charge is 0.381 e. The summed E-state index contributed by atoms with van der Waals surface area (Å²) in [5.74, 6) is 0.259. The van der Waals surface area contributed by atoms with E-state index in [1.54, 1.807) is 6.08 Å². The van der Waals surface area contributed by atoms with Crippen molar-refractivity contribution in [3.8, 4) is 0 Å². The fourth-order valence-corrected chi connectivity index (χ4v) is 1.60. The van der Waals surface area contributed by atoms with Gasteiger partial charge in [0.15, 0.2) is 5.78 Å². The van der Waals surface area contributed by atoms with Crippen LogP contribution in [0.15, 0.2) is 11.8 Å². The maximum absolute atomic E-state index is 11.3. The van der Waals surface area contributed by atoms with E-state index < -0.39 is 0 Å². The topological polar surface area (TPSA) is 20.3 Å². The van der Waals surface area contributed by atoms with Gasteiger partial charge in [0.05, 0.1) is 0 Å². The fraction of sp³-hybridized carbons (Fsp3) is 0.700. The van der Waals surface area contributed by atoms with Gasteiger partial charge < -0.3 is 4.90 Å². The van der Waals surface area contributed by atoms with Crippen molar-refractivity contribution in [1.29, 1.82) is 0 Å². The molecule has 0 aromatic carbocycles. The van der Waals surface area contributed by atoms with E-state index in [1.165, 1.54) is 0 Å². The molecule has 1 aliphatic carbocycles. The molecule has 0 spiro atoms. The first kappa shape index (κ1) is 13.1. The van der Waals surface area contributed by atoms with Gasteiger partial charge >= 0.3 is 0 Å². The minimum absolute atomic E-state index is 0. The summed E-state index contributed by atoms with van der Waals surface area (Å²) >= 11 is 0. The molecule has 1 rings (SSSR count). The van der Waals surface area contributed by atoms with Crippen molar-refractivity contribution in [2.45, 2.75) is 26.7 Å². The van der Waals surface area contributed by atoms with Crippen molar-refractivity contribution >= 4 is 33.1 Å². The Balaban J connectivity index is 0.00000144. The van der Waals surface area contributed by atoms with Crippen molar-refractivity contribution in [1.82, 2.24) is 4.90 Å². The predicted molar refractivity (Wildman–Crippen MR) is 55.5 cm³/mol. The minimum atomic E-state index is 0. The second kappa shape index (κ2) is 4.57. The molecule has 0 aliphatic heterocycles. The smallest absolute Gasteiger partial charge is 0.157 e. The van der Waals surface area contributed by atoms with Gasteiger partial charge in [-0.15, -0.1) is 0 Å². The first-order valence-corrected chi connectivity index (χ1v) is 4.31. The van der Waals surface area contributed by atoms with Gasteiger partial charge in [-0.2, -0.15) is 0 Å². The van der Waals surface area contributed by atoms with Crippen molar-refractivity contribution in [3.63, 3.8) is 0 Å². The first-order valence-electron chi connectivity index (χ1n) is 4.31. The van der Waals surface area contributed by atoms with Gasteiger partial charge in [0.1, 0.15) is 0 Å². The van der Waals surface area contributed by atoms with Crippen LogP contribution >= 0.6 is 0 Å². The molecule has 0 N–H and O–H groups in total. The van der Waals surface area contributed by atoms with Crippen LogP contribution in [0.2, 0.25) is 0 Å². The molecule has 0 bridgehead atoms. The van der Waals surface area contributed by atoms with Crippen molar-refractivity contribution in [2.24, 2.45) is 5.41 Å². The SMILES string of the molecule is CN(C)C1=CC(=O)CC(C)(C)C1.[Pb]. The van der Waals surface area contributed by atoms with Gasteiger partial charge in [0.2, 0.25) is 0 Å². The molecule has 0 atom stereocenters. The zero-order valence-electron chi connectivity index (χ0n) is 8.85. The predicted octanol–water partition coefficient (Wildman–Crippen LogP) is 1.44. The Labute approximate surface area is 101 Å². The number of rotatable bonds is 1. The molecule has 0 saturated carbocycles. The summed E-state index contributed by atoms with van der Waals surface area (Å²) in [4.78, 5) is 13.3. The summed E-state index contributed by atoms with van der Waals surface area (Å²) in [5, 5.41) is 0. The second-order valence-electron chi connectivity index (χ2n) is 4.51. The van der Waals surface area contributed by atoms with Gasteiger partial charge in [0.25, 0.3) is 0 Å². The molecule has 2 nitrogen and oxygen atoms in total. The van der Waals surface area contributed by atoms with Crippen LogP contribution in [0.3, 0.4) is 0 Å². The molecular weight excluding hydrogens is 357 g/mol. The number of ketones is 1. The van der Waals surface area contributed by atoms with Crippen molar-refractivity contribution in [3.05, 3.63) is 11.8 Å². The zero-order valence-corrected chi connectivity index (χ0v) is 12.7. The third kappa shape index (κ3) is 3.79. The maximum atomic E-state index is 11.3. The molecule has 0 heterocycles. The average Bonchev–Trinajstić information content (AvgIpc) is 1.82. The Bertz CT molecular complexity index is 231. The van der Waals surface area contributed by atoms with E-state index in [2.05, 4.69) is 13.8 Å². The van der Waals surface area contributed by atoms with Gasteiger partial charge in [0, 0.05) is 59.6 Å². The normalized spacial score (nSPS) is 20.3. The number of carbonyl (C=O) groups is 1. The molecule has 13 heavy (non-hydrogen) atoms. The van der Waals surface area contributed by atoms with Crippen LogP contribution in [0.25, 0.3) is 0 Å². The Morgan fingerprint density at radius 3 is 2.23 bits per heavy atom. The van der Waals surface area contributed by atoms with Crippen molar-refractivity contribution < 1.29 is 4.79 Å². The molecule has 4 radical (unpaired) electrons. The maximum Gasteiger partial charge on any atom is 0.157 e. The van der Waals surface area contributed by atoms with Crippen LogP contribution in [0.1, 0.15) is 26.7 Å². The minimum Gasteiger partial charge on any atom is -0.381 e. The molecule has 0 aromatic heterocycles. The summed E-state index contributed by atoms with van der Waals surface area (Å²) in [7, 11) is 3.97. The van der Waals surface area contributed by atoms with Crippen LogP contribution in [0, 0.1) is 5.41 Å². The first-order chi connectivity index (χ1) is 5.41. The van der Waals surface area contributed by atoms with Gasteiger partial charge in [-0.05, 0) is 11.8 Å². The van der Waals surface area contributed by atoms with Crippen LogP contribution < -0.4 is 0 Å². The summed E-state index contributed by atoms with van der Waals surface area (Å²) in [6.07, 6.45) is 3.46. The van der Waals surface area contributed by atoms with E-state index in [1.807, 2.05) is 19.0 Å². The summed E-state index contributed by atoms with van der Waals surface area (Å²) in [6, 6.07) is 0. The monoisotopic (exact) mass is 375 g/mol. The molecule has 3 heteroatoms.